The van der Waals surface area contributed by atoms with Crippen molar-refractivity contribution in [3.8, 4) is 17.0 Å². The summed E-state index contributed by atoms with van der Waals surface area (Å²) in [4.78, 5) is 12.3. The zero-order chi connectivity index (χ0) is 16.4. The van der Waals surface area contributed by atoms with Crippen LogP contribution in [0.5, 0.6) is 5.75 Å². The number of para-hydroxylation sites is 1. The SMILES string of the molecule is Cc1cccc(NC(=O)c2cc(-c3cccc(C)c3O)n[nH]2)c1. The van der Waals surface area contributed by atoms with Crippen LogP contribution in [-0.2, 0) is 0 Å². The topological polar surface area (TPSA) is 78.0 Å². The number of hydrogen-bond donors (Lipinski definition) is 3. The lowest BCUT2D eigenvalue weighted by Crippen LogP contribution is -2.12. The van der Waals surface area contributed by atoms with Gasteiger partial charge < -0.3 is 10.4 Å². The van der Waals surface area contributed by atoms with Gasteiger partial charge in [-0.3, -0.25) is 9.89 Å². The molecule has 5 heteroatoms. The number of aromatic hydroxyl groups is 1. The molecular weight excluding hydrogens is 290 g/mol. The summed E-state index contributed by atoms with van der Waals surface area (Å²) in [7, 11) is 0. The minimum atomic E-state index is -0.276. The van der Waals surface area contributed by atoms with Crippen LogP contribution in [0.25, 0.3) is 11.3 Å². The summed E-state index contributed by atoms with van der Waals surface area (Å²) in [5, 5.41) is 19.8. The van der Waals surface area contributed by atoms with E-state index in [1.165, 1.54) is 0 Å². The second kappa shape index (κ2) is 5.96. The first-order chi connectivity index (χ1) is 11.0. The minimum Gasteiger partial charge on any atom is -0.507 e. The predicted molar refractivity (Wildman–Crippen MR) is 89.6 cm³/mol. The second-order valence-corrected chi connectivity index (χ2v) is 5.46. The van der Waals surface area contributed by atoms with Crippen molar-refractivity contribution in [1.82, 2.24) is 10.2 Å². The zero-order valence-electron chi connectivity index (χ0n) is 12.9. The van der Waals surface area contributed by atoms with Gasteiger partial charge in [-0.15, -0.1) is 0 Å². The summed E-state index contributed by atoms with van der Waals surface area (Å²) >= 11 is 0. The Morgan fingerprint density at radius 1 is 1.13 bits per heavy atom. The third-order valence-corrected chi connectivity index (χ3v) is 3.61. The van der Waals surface area contributed by atoms with Crippen LogP contribution in [-0.4, -0.2) is 21.2 Å². The van der Waals surface area contributed by atoms with Crippen molar-refractivity contribution < 1.29 is 9.90 Å². The number of rotatable bonds is 3. The Bertz CT molecular complexity index is 868. The van der Waals surface area contributed by atoms with Crippen molar-refractivity contribution >= 4 is 11.6 Å². The van der Waals surface area contributed by atoms with E-state index >= 15 is 0 Å². The number of aryl methyl sites for hydroxylation is 2. The molecule has 0 unspecified atom stereocenters. The Labute approximate surface area is 134 Å². The summed E-state index contributed by atoms with van der Waals surface area (Å²) < 4.78 is 0. The van der Waals surface area contributed by atoms with Gasteiger partial charge in [0.1, 0.15) is 11.4 Å². The maximum absolute atomic E-state index is 12.3. The number of phenolic OH excluding ortho intramolecular Hbond substituents is 1. The molecule has 1 heterocycles. The Kier molecular flexibility index (Phi) is 3.85. The van der Waals surface area contributed by atoms with Gasteiger partial charge in [0.15, 0.2) is 0 Å². The van der Waals surface area contributed by atoms with Gasteiger partial charge >= 0.3 is 0 Å². The van der Waals surface area contributed by atoms with Gasteiger partial charge in [-0.05, 0) is 49.2 Å². The van der Waals surface area contributed by atoms with Crippen LogP contribution < -0.4 is 5.32 Å². The highest BCUT2D eigenvalue weighted by molar-refractivity contribution is 6.03. The summed E-state index contributed by atoms with van der Waals surface area (Å²) in [5.74, 6) is -0.105. The van der Waals surface area contributed by atoms with Gasteiger partial charge in [-0.1, -0.05) is 24.3 Å². The molecular formula is C18H17N3O2. The van der Waals surface area contributed by atoms with Gasteiger partial charge in [-0.25, -0.2) is 0 Å². The fourth-order valence-corrected chi connectivity index (χ4v) is 2.36. The number of benzene rings is 2. The van der Waals surface area contributed by atoms with Crippen molar-refractivity contribution in [2.75, 3.05) is 5.32 Å². The van der Waals surface area contributed by atoms with Gasteiger partial charge in [0.2, 0.25) is 0 Å². The van der Waals surface area contributed by atoms with Gasteiger partial charge in [0, 0.05) is 11.3 Å². The average molecular weight is 307 g/mol. The molecule has 116 valence electrons. The highest BCUT2D eigenvalue weighted by Gasteiger charge is 2.14. The van der Waals surface area contributed by atoms with Crippen LogP contribution >= 0.6 is 0 Å². The molecule has 0 bridgehead atoms. The number of H-pyrrole nitrogens is 1. The Hall–Kier alpha value is -3.08. The molecule has 0 saturated carbocycles. The number of nitrogens with one attached hydrogen (secondary N) is 2. The molecule has 0 fully saturated rings. The smallest absolute Gasteiger partial charge is 0.273 e. The van der Waals surface area contributed by atoms with Crippen LogP contribution in [0.1, 0.15) is 21.6 Å². The first-order valence-corrected chi connectivity index (χ1v) is 7.27. The van der Waals surface area contributed by atoms with E-state index < -0.39 is 0 Å². The molecule has 3 rings (SSSR count). The molecule has 0 radical (unpaired) electrons. The summed E-state index contributed by atoms with van der Waals surface area (Å²) in [6.45, 7) is 3.78. The fraction of sp³-hybridized carbons (Fsp3) is 0.111. The molecule has 0 aliphatic rings. The number of phenols is 1. The van der Waals surface area contributed by atoms with Crippen molar-refractivity contribution in [2.24, 2.45) is 0 Å². The average Bonchev–Trinajstić information content (AvgIpc) is 3.00. The van der Waals surface area contributed by atoms with Crippen LogP contribution in [0.2, 0.25) is 0 Å². The molecule has 0 saturated heterocycles. The van der Waals surface area contributed by atoms with Crippen LogP contribution in [0, 0.1) is 13.8 Å². The first-order valence-electron chi connectivity index (χ1n) is 7.27. The molecule has 5 nitrogen and oxygen atoms in total. The normalized spacial score (nSPS) is 10.5. The molecule has 23 heavy (non-hydrogen) atoms. The van der Waals surface area contributed by atoms with E-state index in [2.05, 4.69) is 15.5 Å². The van der Waals surface area contributed by atoms with E-state index in [0.29, 0.717) is 17.0 Å². The quantitative estimate of drug-likeness (QED) is 0.691. The van der Waals surface area contributed by atoms with E-state index in [1.807, 2.05) is 50.2 Å². The van der Waals surface area contributed by atoms with E-state index in [0.717, 1.165) is 16.8 Å². The van der Waals surface area contributed by atoms with Gasteiger partial charge in [-0.2, -0.15) is 5.10 Å². The maximum atomic E-state index is 12.3. The molecule has 1 aromatic heterocycles. The lowest BCUT2D eigenvalue weighted by Gasteiger charge is -2.04. The number of carbonyl (C=O) groups excluding carboxylic acids is 1. The van der Waals surface area contributed by atoms with Crippen LogP contribution in [0.4, 0.5) is 5.69 Å². The minimum absolute atomic E-state index is 0.171. The fourth-order valence-electron chi connectivity index (χ4n) is 2.36. The second-order valence-electron chi connectivity index (χ2n) is 5.46. The number of carbonyl (C=O) groups is 1. The molecule has 0 atom stereocenters. The maximum Gasteiger partial charge on any atom is 0.273 e. The largest absolute Gasteiger partial charge is 0.507 e. The third kappa shape index (κ3) is 3.08. The van der Waals surface area contributed by atoms with E-state index in [4.69, 9.17) is 0 Å². The van der Waals surface area contributed by atoms with E-state index in [9.17, 15) is 9.90 Å². The van der Waals surface area contributed by atoms with Crippen molar-refractivity contribution in [3.63, 3.8) is 0 Å². The van der Waals surface area contributed by atoms with E-state index in [-0.39, 0.29) is 11.7 Å². The third-order valence-electron chi connectivity index (χ3n) is 3.61. The summed E-state index contributed by atoms with van der Waals surface area (Å²) in [6, 6.07) is 14.6. The lowest BCUT2D eigenvalue weighted by molar-refractivity contribution is 0.102. The van der Waals surface area contributed by atoms with Gasteiger partial charge in [0.25, 0.3) is 5.91 Å². The number of nitrogens with zero attached hydrogens (tertiary/aromatic N) is 1. The highest BCUT2D eigenvalue weighted by atomic mass is 16.3. The number of aromatic nitrogens is 2. The van der Waals surface area contributed by atoms with Crippen molar-refractivity contribution in [3.05, 3.63) is 65.4 Å². The number of hydrogen-bond acceptors (Lipinski definition) is 3. The molecule has 2 aromatic carbocycles. The zero-order valence-corrected chi connectivity index (χ0v) is 12.9. The first kappa shape index (κ1) is 14.8. The number of aromatic amines is 1. The van der Waals surface area contributed by atoms with Gasteiger partial charge in [0.05, 0.1) is 5.69 Å². The lowest BCUT2D eigenvalue weighted by atomic mass is 10.1. The highest BCUT2D eigenvalue weighted by Crippen LogP contribution is 2.30. The molecule has 0 spiro atoms. The Morgan fingerprint density at radius 2 is 1.91 bits per heavy atom. The van der Waals surface area contributed by atoms with E-state index in [1.54, 1.807) is 12.1 Å². The number of amides is 1. The van der Waals surface area contributed by atoms with Crippen molar-refractivity contribution in [1.29, 1.82) is 0 Å². The monoisotopic (exact) mass is 307 g/mol. The van der Waals surface area contributed by atoms with Crippen molar-refractivity contribution in [2.45, 2.75) is 13.8 Å². The Balaban J connectivity index is 1.84. The summed E-state index contributed by atoms with van der Waals surface area (Å²) in [6.07, 6.45) is 0. The molecule has 3 aromatic rings. The number of anilines is 1. The standard InChI is InChI=1S/C18H17N3O2/c1-11-5-3-7-13(9-11)19-18(23)16-10-15(20-21-16)14-8-4-6-12(2)17(14)22/h3-10,22H,1-2H3,(H,19,23)(H,20,21). The van der Waals surface area contributed by atoms with Crippen LogP contribution in [0.3, 0.4) is 0 Å². The molecule has 3 N–H and O–H groups in total. The molecule has 1 amide bonds. The molecule has 0 aliphatic carbocycles. The van der Waals surface area contributed by atoms with Crippen LogP contribution in [0.15, 0.2) is 48.5 Å². The Morgan fingerprint density at radius 3 is 2.70 bits per heavy atom. The molecule has 0 aliphatic heterocycles. The predicted octanol–water partition coefficient (Wildman–Crippen LogP) is 3.65. The summed E-state index contributed by atoms with van der Waals surface area (Å²) in [5.41, 5.74) is 4.01.